The fourth-order valence-electron chi connectivity index (χ4n) is 1.81. The lowest BCUT2D eigenvalue weighted by molar-refractivity contribution is 0.623. The van der Waals surface area contributed by atoms with Crippen LogP contribution >= 0.6 is 0 Å². The molecule has 3 rings (SSSR count). The van der Waals surface area contributed by atoms with E-state index in [-0.39, 0.29) is 0 Å². The summed E-state index contributed by atoms with van der Waals surface area (Å²) in [5.74, 6) is 0. The molecule has 0 fully saturated rings. The molecule has 3 aromatic rings. The van der Waals surface area contributed by atoms with Gasteiger partial charge in [0, 0.05) is 5.69 Å². The van der Waals surface area contributed by atoms with Gasteiger partial charge >= 0.3 is 0 Å². The number of nitriles is 1. The Morgan fingerprint density at radius 3 is 2.84 bits per heavy atom. The number of nitrogens with zero attached hydrogens (tertiary/aromatic N) is 2. The first-order valence-corrected chi connectivity index (χ1v) is 5.68. The molecule has 92 valence electrons. The van der Waals surface area contributed by atoms with Crippen molar-refractivity contribution in [1.82, 2.24) is 4.98 Å². The molecule has 0 saturated heterocycles. The van der Waals surface area contributed by atoms with Crippen LogP contribution in [-0.2, 0) is 0 Å². The van der Waals surface area contributed by atoms with Crippen molar-refractivity contribution < 1.29 is 4.42 Å². The third kappa shape index (κ3) is 2.07. The van der Waals surface area contributed by atoms with Crippen LogP contribution in [0.4, 0.5) is 17.4 Å². The number of nitrogens with one attached hydrogen (secondary N) is 1. The quantitative estimate of drug-likeness (QED) is 0.682. The Balaban J connectivity index is 1.97. The van der Waals surface area contributed by atoms with E-state index in [0.717, 1.165) is 5.69 Å². The summed E-state index contributed by atoms with van der Waals surface area (Å²) in [6, 6.07) is 14.9. The Hall–Kier alpha value is -3.00. The van der Waals surface area contributed by atoms with Crippen LogP contribution < -0.4 is 11.1 Å². The van der Waals surface area contributed by atoms with Gasteiger partial charge in [-0.15, -0.1) is 0 Å². The number of benzene rings is 2. The molecule has 0 saturated carbocycles. The van der Waals surface area contributed by atoms with Crippen LogP contribution in [0.15, 0.2) is 46.9 Å². The number of rotatable bonds is 2. The van der Waals surface area contributed by atoms with E-state index in [0.29, 0.717) is 28.4 Å². The zero-order chi connectivity index (χ0) is 13.2. The first-order valence-electron chi connectivity index (χ1n) is 5.68. The number of oxazole rings is 1. The van der Waals surface area contributed by atoms with Crippen molar-refractivity contribution in [1.29, 1.82) is 5.26 Å². The van der Waals surface area contributed by atoms with Crippen LogP contribution in [0.1, 0.15) is 5.56 Å². The Morgan fingerprint density at radius 2 is 2.05 bits per heavy atom. The van der Waals surface area contributed by atoms with Gasteiger partial charge in [0.2, 0.25) is 0 Å². The maximum absolute atomic E-state index is 8.85. The summed E-state index contributed by atoms with van der Waals surface area (Å²) in [7, 11) is 0. The second kappa shape index (κ2) is 4.35. The molecule has 3 N–H and O–H groups in total. The van der Waals surface area contributed by atoms with Crippen LogP contribution in [-0.4, -0.2) is 4.98 Å². The number of anilines is 3. The molecule has 0 amide bonds. The monoisotopic (exact) mass is 250 g/mol. The molecule has 0 unspecified atom stereocenters. The average Bonchev–Trinajstić information content (AvgIpc) is 2.83. The van der Waals surface area contributed by atoms with E-state index in [2.05, 4.69) is 16.4 Å². The van der Waals surface area contributed by atoms with Gasteiger partial charge in [-0.05, 0) is 30.3 Å². The number of hydrogen-bond acceptors (Lipinski definition) is 5. The van der Waals surface area contributed by atoms with E-state index in [1.807, 2.05) is 12.1 Å². The van der Waals surface area contributed by atoms with E-state index in [4.69, 9.17) is 15.4 Å². The van der Waals surface area contributed by atoms with E-state index < -0.39 is 0 Å². The summed E-state index contributed by atoms with van der Waals surface area (Å²) >= 11 is 0. The highest BCUT2D eigenvalue weighted by Crippen LogP contribution is 2.25. The molecular weight excluding hydrogens is 240 g/mol. The molecule has 19 heavy (non-hydrogen) atoms. The van der Waals surface area contributed by atoms with Gasteiger partial charge in [-0.3, -0.25) is 0 Å². The standard InChI is InChI=1S/C14H10N4O/c15-8-9-3-1-4-10(7-9)17-14-18-13-11(16)5-2-6-12(13)19-14/h1-7H,16H2,(H,17,18). The molecule has 5 nitrogen and oxygen atoms in total. The fourth-order valence-corrected chi connectivity index (χ4v) is 1.81. The Bertz CT molecular complexity index is 785. The maximum atomic E-state index is 8.85. The summed E-state index contributed by atoms with van der Waals surface area (Å²) in [4.78, 5) is 4.28. The van der Waals surface area contributed by atoms with Gasteiger partial charge in [-0.1, -0.05) is 12.1 Å². The van der Waals surface area contributed by atoms with Gasteiger partial charge in [0.15, 0.2) is 5.58 Å². The number of hydrogen-bond donors (Lipinski definition) is 2. The zero-order valence-corrected chi connectivity index (χ0v) is 9.92. The lowest BCUT2D eigenvalue weighted by Gasteiger charge is -2.00. The van der Waals surface area contributed by atoms with Crippen molar-refractivity contribution in [2.45, 2.75) is 0 Å². The molecule has 2 aromatic carbocycles. The highest BCUT2D eigenvalue weighted by molar-refractivity contribution is 5.86. The lowest BCUT2D eigenvalue weighted by Crippen LogP contribution is -1.91. The normalized spacial score (nSPS) is 10.3. The molecule has 1 aromatic heterocycles. The molecule has 0 radical (unpaired) electrons. The lowest BCUT2D eigenvalue weighted by atomic mass is 10.2. The highest BCUT2D eigenvalue weighted by Gasteiger charge is 2.08. The molecule has 0 aliphatic heterocycles. The second-order valence-corrected chi connectivity index (χ2v) is 4.03. The fraction of sp³-hybridized carbons (Fsp3) is 0. The van der Waals surface area contributed by atoms with Gasteiger partial charge < -0.3 is 15.5 Å². The summed E-state index contributed by atoms with van der Waals surface area (Å²) < 4.78 is 5.54. The van der Waals surface area contributed by atoms with Gasteiger partial charge in [0.1, 0.15) is 5.52 Å². The van der Waals surface area contributed by atoms with Gasteiger partial charge in [-0.2, -0.15) is 10.2 Å². The van der Waals surface area contributed by atoms with Crippen molar-refractivity contribution >= 4 is 28.5 Å². The molecule has 0 bridgehead atoms. The van der Waals surface area contributed by atoms with Crippen molar-refractivity contribution in [3.05, 3.63) is 48.0 Å². The molecule has 0 aliphatic rings. The summed E-state index contributed by atoms with van der Waals surface area (Å²) in [5, 5.41) is 11.9. The van der Waals surface area contributed by atoms with Crippen molar-refractivity contribution in [3.63, 3.8) is 0 Å². The highest BCUT2D eigenvalue weighted by atomic mass is 16.4. The van der Waals surface area contributed by atoms with Gasteiger partial charge in [0.25, 0.3) is 6.01 Å². The third-order valence-electron chi connectivity index (χ3n) is 2.69. The van der Waals surface area contributed by atoms with Crippen LogP contribution in [0.2, 0.25) is 0 Å². The number of para-hydroxylation sites is 1. The summed E-state index contributed by atoms with van der Waals surface area (Å²) in [6.45, 7) is 0. The number of fused-ring (bicyclic) bond motifs is 1. The van der Waals surface area contributed by atoms with Crippen molar-refractivity contribution in [2.24, 2.45) is 0 Å². The molecule has 0 spiro atoms. The minimum atomic E-state index is 0.350. The van der Waals surface area contributed by atoms with Gasteiger partial charge in [0.05, 0.1) is 17.3 Å². The van der Waals surface area contributed by atoms with Crippen molar-refractivity contribution in [2.75, 3.05) is 11.1 Å². The van der Waals surface area contributed by atoms with Crippen molar-refractivity contribution in [3.8, 4) is 6.07 Å². The minimum Gasteiger partial charge on any atom is -0.423 e. The number of nitrogens with two attached hydrogens (primary N) is 1. The SMILES string of the molecule is N#Cc1cccc(Nc2nc3c(N)cccc3o2)c1. The Morgan fingerprint density at radius 1 is 1.21 bits per heavy atom. The smallest absolute Gasteiger partial charge is 0.300 e. The number of nitrogen functional groups attached to an aromatic ring is 1. The second-order valence-electron chi connectivity index (χ2n) is 4.03. The summed E-state index contributed by atoms with van der Waals surface area (Å²) in [5.41, 5.74) is 8.95. The van der Waals surface area contributed by atoms with Crippen LogP contribution in [0.3, 0.4) is 0 Å². The maximum Gasteiger partial charge on any atom is 0.300 e. The molecule has 0 aliphatic carbocycles. The molecule has 5 heteroatoms. The molecular formula is C14H10N4O. The average molecular weight is 250 g/mol. The predicted molar refractivity (Wildman–Crippen MR) is 72.9 cm³/mol. The first kappa shape index (κ1) is 11.1. The van der Waals surface area contributed by atoms with E-state index in [1.165, 1.54) is 0 Å². The third-order valence-corrected chi connectivity index (χ3v) is 2.69. The predicted octanol–water partition coefficient (Wildman–Crippen LogP) is 3.03. The topological polar surface area (TPSA) is 87.9 Å². The number of aromatic nitrogens is 1. The molecule has 0 atom stereocenters. The Kier molecular flexibility index (Phi) is 2.54. The minimum absolute atomic E-state index is 0.350. The van der Waals surface area contributed by atoms with Gasteiger partial charge in [-0.25, -0.2) is 0 Å². The van der Waals surface area contributed by atoms with E-state index in [1.54, 1.807) is 30.3 Å². The van der Waals surface area contributed by atoms with Crippen LogP contribution in [0, 0.1) is 11.3 Å². The van der Waals surface area contributed by atoms with Crippen LogP contribution in [0.5, 0.6) is 0 Å². The van der Waals surface area contributed by atoms with Crippen LogP contribution in [0.25, 0.3) is 11.1 Å². The Labute approximate surface area is 109 Å². The first-order chi connectivity index (χ1) is 9.26. The van der Waals surface area contributed by atoms with E-state index in [9.17, 15) is 0 Å². The summed E-state index contributed by atoms with van der Waals surface area (Å²) in [6.07, 6.45) is 0. The largest absolute Gasteiger partial charge is 0.423 e. The zero-order valence-electron chi connectivity index (χ0n) is 9.92. The molecule has 1 heterocycles. The van der Waals surface area contributed by atoms with E-state index >= 15 is 0 Å².